The smallest absolute Gasteiger partial charge is 0.457 e. The predicted molar refractivity (Wildman–Crippen MR) is 260 cm³/mol. The van der Waals surface area contributed by atoms with Gasteiger partial charge in [0, 0.05) is 13.0 Å². The van der Waals surface area contributed by atoms with E-state index in [9.17, 15) is 19.4 Å². The van der Waals surface area contributed by atoms with Crippen molar-refractivity contribution in [3.63, 3.8) is 0 Å². The van der Waals surface area contributed by atoms with Crippen LogP contribution in [-0.2, 0) is 27.9 Å². The summed E-state index contributed by atoms with van der Waals surface area (Å²) in [5.41, 5.74) is 0. The number of esters is 1. The summed E-state index contributed by atoms with van der Waals surface area (Å²) in [6.45, 7) is 3.06. The Bertz CT molecular complexity index is 1420. The maximum absolute atomic E-state index is 12.7. The molecule has 3 N–H and O–H groups in total. The van der Waals surface area contributed by atoms with Gasteiger partial charge in [0.2, 0.25) is 0 Å². The summed E-state index contributed by atoms with van der Waals surface area (Å²) in [6.07, 6.45) is 64.2. The monoisotopic (exact) mass is 883 g/mol. The number of allylic oxidation sites excluding steroid dienone is 22. The summed E-state index contributed by atoms with van der Waals surface area (Å²) >= 11 is 0. The first-order valence-electron chi connectivity index (χ1n) is 23.2. The van der Waals surface area contributed by atoms with Crippen molar-refractivity contribution >= 4 is 13.8 Å². The van der Waals surface area contributed by atoms with Crippen molar-refractivity contribution in [2.24, 2.45) is 0 Å². The number of ether oxygens (including phenoxy) is 2. The second kappa shape index (κ2) is 47.1. The topological polar surface area (TPSA) is 132 Å². The van der Waals surface area contributed by atoms with Gasteiger partial charge in [0.15, 0.2) is 0 Å². The molecule has 9 nitrogen and oxygen atoms in total. The van der Waals surface area contributed by atoms with E-state index in [0.717, 1.165) is 116 Å². The summed E-state index contributed by atoms with van der Waals surface area (Å²) in [7, 11) is -4.55. The molecule has 0 aliphatic heterocycles. The van der Waals surface area contributed by atoms with E-state index in [1.54, 1.807) is 0 Å². The molecule has 3 unspecified atom stereocenters. The molecule has 0 bridgehead atoms. The van der Waals surface area contributed by atoms with Gasteiger partial charge in [-0.2, -0.15) is 0 Å². The van der Waals surface area contributed by atoms with Crippen molar-refractivity contribution in [2.75, 3.05) is 33.0 Å². The van der Waals surface area contributed by atoms with Gasteiger partial charge in [0.1, 0.15) is 12.2 Å². The molecule has 0 aliphatic rings. The van der Waals surface area contributed by atoms with Crippen molar-refractivity contribution in [2.45, 2.75) is 154 Å². The zero-order valence-corrected chi connectivity index (χ0v) is 39.2. The molecule has 0 spiro atoms. The van der Waals surface area contributed by atoms with Crippen LogP contribution in [-0.4, -0.2) is 66.3 Å². The highest BCUT2D eigenvalue weighted by Gasteiger charge is 2.26. The third kappa shape index (κ3) is 46.1. The number of carbonyl (C=O) groups is 1. The first kappa shape index (κ1) is 58.6. The van der Waals surface area contributed by atoms with Gasteiger partial charge in [0.25, 0.3) is 0 Å². The van der Waals surface area contributed by atoms with Crippen molar-refractivity contribution in [1.29, 1.82) is 0 Å². The maximum Gasteiger partial charge on any atom is 0.472 e. The maximum atomic E-state index is 12.7. The number of aliphatic hydroxyl groups is 2. The van der Waals surface area contributed by atoms with Crippen LogP contribution < -0.4 is 0 Å². The SMILES string of the molecule is CC/C=C\C/C=C\C/C=C\C/C=C\C/C=C\C/C=C\CCCOCC(COP(=O)(O)OCC(O)CO)OC(=O)CCCCCCC/C=C\C/C=C\C/C=C\C/C=C\C/C=C\CC. The first-order chi connectivity index (χ1) is 30.3. The molecule has 0 aromatic rings. The van der Waals surface area contributed by atoms with Gasteiger partial charge in [0.05, 0.1) is 26.4 Å². The van der Waals surface area contributed by atoms with Crippen LogP contribution in [0.5, 0.6) is 0 Å². The Morgan fingerprint density at radius 1 is 0.500 bits per heavy atom. The fraction of sp³-hybridized carbons (Fsp3) is 0.558. The van der Waals surface area contributed by atoms with Gasteiger partial charge >= 0.3 is 13.8 Å². The van der Waals surface area contributed by atoms with E-state index in [2.05, 4.69) is 148 Å². The van der Waals surface area contributed by atoms with Gasteiger partial charge in [-0.05, 0) is 103 Å². The van der Waals surface area contributed by atoms with E-state index < -0.39 is 45.8 Å². The van der Waals surface area contributed by atoms with Crippen molar-refractivity contribution in [3.8, 4) is 0 Å². The van der Waals surface area contributed by atoms with Gasteiger partial charge in [-0.3, -0.25) is 13.8 Å². The Hall–Kier alpha value is -3.40. The van der Waals surface area contributed by atoms with Gasteiger partial charge in [-0.25, -0.2) is 4.57 Å². The third-order valence-corrected chi connectivity index (χ3v) is 9.78. The number of carbonyl (C=O) groups excluding carboxylic acids is 1. The lowest BCUT2D eigenvalue weighted by molar-refractivity contribution is -0.154. The molecular formula is C52H83O9P. The largest absolute Gasteiger partial charge is 0.472 e. The summed E-state index contributed by atoms with van der Waals surface area (Å²) in [6, 6.07) is 0. The summed E-state index contributed by atoms with van der Waals surface area (Å²) in [4.78, 5) is 22.6. The predicted octanol–water partition coefficient (Wildman–Crippen LogP) is 13.4. The fourth-order valence-electron chi connectivity index (χ4n) is 5.40. The molecule has 350 valence electrons. The van der Waals surface area contributed by atoms with E-state index in [1.165, 1.54) is 0 Å². The Morgan fingerprint density at radius 2 is 0.871 bits per heavy atom. The molecule has 0 rings (SSSR count). The fourth-order valence-corrected chi connectivity index (χ4v) is 6.19. The Morgan fingerprint density at radius 3 is 1.31 bits per heavy atom. The zero-order chi connectivity index (χ0) is 45.3. The van der Waals surface area contributed by atoms with E-state index in [-0.39, 0.29) is 13.0 Å². The molecule has 0 heterocycles. The number of aliphatic hydroxyl groups excluding tert-OH is 2. The lowest BCUT2D eigenvalue weighted by Crippen LogP contribution is -2.29. The van der Waals surface area contributed by atoms with Crippen LogP contribution in [0.3, 0.4) is 0 Å². The molecule has 0 amide bonds. The van der Waals surface area contributed by atoms with Crippen LogP contribution in [0.4, 0.5) is 0 Å². The lowest BCUT2D eigenvalue weighted by Gasteiger charge is -2.20. The van der Waals surface area contributed by atoms with Gasteiger partial charge in [-0.1, -0.05) is 167 Å². The molecule has 0 saturated heterocycles. The summed E-state index contributed by atoms with van der Waals surface area (Å²) in [5.74, 6) is -0.427. The zero-order valence-electron chi connectivity index (χ0n) is 38.3. The van der Waals surface area contributed by atoms with Crippen LogP contribution in [0.2, 0.25) is 0 Å². The highest BCUT2D eigenvalue weighted by Crippen LogP contribution is 2.43. The average molecular weight is 883 g/mol. The number of unbranched alkanes of at least 4 members (excludes halogenated alkanes) is 6. The van der Waals surface area contributed by atoms with Crippen molar-refractivity contribution < 1.29 is 43.0 Å². The standard InChI is InChI=1S/C52H83O9P/c1-3-5-7-9-11-13-15-17-19-21-23-25-26-28-30-32-34-36-38-40-42-44-52(55)61-51(49-60-62(56,57)59-47-50(54)46-53)48-58-45-43-41-39-37-35-33-31-29-27-24-22-20-18-16-14-12-10-8-6-4-2/h5-8,11-14,17-20,23-25,27-28,30-31,33,37,39,50-51,53-54H,3-4,9-10,15-16,21-22,26,29,32,34-36,38,40-49H2,1-2H3,(H,56,57)/b7-5-,8-6-,13-11-,14-12-,19-17-,20-18-,25-23-,27-24-,30-28-,33-31-,39-37-. The second-order valence-electron chi connectivity index (χ2n) is 14.7. The van der Waals surface area contributed by atoms with Crippen LogP contribution >= 0.6 is 7.82 Å². The lowest BCUT2D eigenvalue weighted by atomic mass is 10.1. The van der Waals surface area contributed by atoms with Crippen molar-refractivity contribution in [1.82, 2.24) is 0 Å². The van der Waals surface area contributed by atoms with Crippen LogP contribution in [0, 0.1) is 0 Å². The molecule has 3 atom stereocenters. The number of rotatable bonds is 42. The number of phosphoric acid groups is 1. The molecule has 0 aliphatic carbocycles. The van der Waals surface area contributed by atoms with E-state index >= 15 is 0 Å². The van der Waals surface area contributed by atoms with Crippen LogP contribution in [0.1, 0.15) is 142 Å². The van der Waals surface area contributed by atoms with E-state index in [1.807, 2.05) is 0 Å². The highest BCUT2D eigenvalue weighted by atomic mass is 31.2. The first-order valence-corrected chi connectivity index (χ1v) is 24.7. The van der Waals surface area contributed by atoms with Gasteiger partial charge < -0.3 is 24.6 Å². The number of hydrogen-bond acceptors (Lipinski definition) is 8. The van der Waals surface area contributed by atoms with E-state index in [4.69, 9.17) is 23.6 Å². The van der Waals surface area contributed by atoms with Crippen LogP contribution in [0.15, 0.2) is 134 Å². The molecule has 62 heavy (non-hydrogen) atoms. The van der Waals surface area contributed by atoms with Crippen LogP contribution in [0.25, 0.3) is 0 Å². The molecule has 0 radical (unpaired) electrons. The molecule has 0 saturated carbocycles. The van der Waals surface area contributed by atoms with Crippen molar-refractivity contribution in [3.05, 3.63) is 134 Å². The number of phosphoric ester groups is 1. The quantitative estimate of drug-likeness (QED) is 0.0237. The molecule has 0 fully saturated rings. The highest BCUT2D eigenvalue weighted by molar-refractivity contribution is 7.47. The Labute approximate surface area is 376 Å². The number of hydrogen-bond donors (Lipinski definition) is 3. The minimum atomic E-state index is -4.55. The van der Waals surface area contributed by atoms with E-state index in [0.29, 0.717) is 13.0 Å². The molecule has 10 heteroatoms. The molecular weight excluding hydrogens is 800 g/mol. The normalized spacial score (nSPS) is 15.1. The minimum absolute atomic E-state index is 0.00937. The average Bonchev–Trinajstić information content (AvgIpc) is 3.26. The Balaban J connectivity index is 4.33. The molecule has 0 aromatic heterocycles. The summed E-state index contributed by atoms with van der Waals surface area (Å²) in [5, 5.41) is 18.4. The Kier molecular flexibility index (Phi) is 44.5. The minimum Gasteiger partial charge on any atom is -0.457 e. The molecule has 0 aromatic carbocycles. The van der Waals surface area contributed by atoms with Gasteiger partial charge in [-0.15, -0.1) is 0 Å². The summed E-state index contributed by atoms with van der Waals surface area (Å²) < 4.78 is 33.3. The third-order valence-electron chi connectivity index (χ3n) is 8.83. The second-order valence-corrected chi connectivity index (χ2v) is 16.1.